The second kappa shape index (κ2) is 17.4. The third kappa shape index (κ3) is 10.0. The van der Waals surface area contributed by atoms with Crippen LogP contribution in [0.15, 0.2) is 66.7 Å². The molecule has 1 aromatic heterocycles. The highest BCUT2D eigenvalue weighted by atomic mass is 31.2. The lowest BCUT2D eigenvalue weighted by atomic mass is 9.97. The Labute approximate surface area is 355 Å². The lowest BCUT2D eigenvalue weighted by Crippen LogP contribution is -2.36. The van der Waals surface area contributed by atoms with E-state index in [0.717, 1.165) is 35.4 Å². The summed E-state index contributed by atoms with van der Waals surface area (Å²) < 4.78 is 135. The molecule has 63 heavy (non-hydrogen) atoms. The molecule has 0 saturated heterocycles. The van der Waals surface area contributed by atoms with Crippen LogP contribution in [0.1, 0.15) is 77.9 Å². The molecule has 0 fully saturated rings. The summed E-state index contributed by atoms with van der Waals surface area (Å²) >= 11 is 0. The molecule has 0 atom stereocenters. The Kier molecular flexibility index (Phi) is 12.9. The minimum atomic E-state index is -5.37. The van der Waals surface area contributed by atoms with Crippen molar-refractivity contribution in [3.05, 3.63) is 129 Å². The number of carbonyl (C=O) groups is 2. The number of rotatable bonds is 11. The molecule has 0 saturated carbocycles. The van der Waals surface area contributed by atoms with Crippen LogP contribution in [-0.2, 0) is 59.7 Å². The number of para-hydroxylation sites is 1. The van der Waals surface area contributed by atoms with Gasteiger partial charge in [-0.25, -0.2) is 32.9 Å². The van der Waals surface area contributed by atoms with Crippen molar-refractivity contribution in [3.8, 4) is 22.7 Å². The van der Waals surface area contributed by atoms with Crippen molar-refractivity contribution in [2.75, 3.05) is 5.32 Å². The highest BCUT2D eigenvalue weighted by molar-refractivity contribution is 7.46. The maximum Gasteiger partial charge on any atom is 0.524 e. The molecule has 6 rings (SSSR count). The lowest BCUT2D eigenvalue weighted by molar-refractivity contribution is -0.139. The van der Waals surface area contributed by atoms with E-state index < -0.39 is 78.6 Å². The van der Waals surface area contributed by atoms with Gasteiger partial charge in [0.25, 0.3) is 0 Å². The minimum Gasteiger partial charge on any atom is -0.444 e. The van der Waals surface area contributed by atoms with Gasteiger partial charge in [0.1, 0.15) is 24.0 Å². The van der Waals surface area contributed by atoms with Crippen molar-refractivity contribution in [3.63, 3.8) is 0 Å². The predicted octanol–water partition coefficient (Wildman–Crippen LogP) is 10.5. The molecule has 5 aromatic rings. The molecule has 21 heteroatoms. The number of hydrogen-bond donors (Lipinski definition) is 4. The smallest absolute Gasteiger partial charge is 0.444 e. The van der Waals surface area contributed by atoms with Gasteiger partial charge in [0.05, 0.1) is 39.4 Å². The van der Waals surface area contributed by atoms with Gasteiger partial charge in [0.15, 0.2) is 0 Å². The Balaban J connectivity index is 1.28. The number of aromatic nitrogens is 2. The van der Waals surface area contributed by atoms with Crippen molar-refractivity contribution >= 4 is 25.6 Å². The average Bonchev–Trinajstić information content (AvgIpc) is 3.67. The van der Waals surface area contributed by atoms with Gasteiger partial charge in [-0.3, -0.25) is 14.7 Å². The fourth-order valence-corrected chi connectivity index (χ4v) is 7.83. The zero-order chi connectivity index (χ0) is 46.4. The van der Waals surface area contributed by atoms with Crippen molar-refractivity contribution in [1.29, 1.82) is 0 Å². The number of ether oxygens (including phenoxy) is 1. The number of nitrogens with zero attached hydrogens (tertiary/aromatic N) is 3. The molecule has 12 nitrogen and oxygen atoms in total. The second-order valence-corrected chi connectivity index (χ2v) is 16.3. The monoisotopic (exact) mass is 909 g/mol. The van der Waals surface area contributed by atoms with Crippen molar-refractivity contribution in [2.45, 2.75) is 85.0 Å². The molecular weight excluding hydrogens is 869 g/mol. The number of anilines is 1. The second-order valence-electron chi connectivity index (χ2n) is 15.2. The third-order valence-corrected chi connectivity index (χ3v) is 11.1. The van der Waals surface area contributed by atoms with Gasteiger partial charge in [-0.15, -0.1) is 0 Å². The molecule has 336 valence electrons. The highest BCUT2D eigenvalue weighted by Gasteiger charge is 2.44. The van der Waals surface area contributed by atoms with Crippen LogP contribution < -0.4 is 15.2 Å². The normalized spacial score (nSPS) is 14.1. The highest BCUT2D eigenvalue weighted by Crippen LogP contribution is 2.47. The van der Waals surface area contributed by atoms with E-state index in [-0.39, 0.29) is 29.9 Å². The summed E-state index contributed by atoms with van der Waals surface area (Å²) in [5.41, 5.74) is 0.178. The topological polar surface area (TPSA) is 155 Å². The number of urea groups is 1. The first-order valence-electron chi connectivity index (χ1n) is 19.2. The quantitative estimate of drug-likeness (QED) is 0.0749. The Morgan fingerprint density at radius 2 is 1.56 bits per heavy atom. The SMILES string of the molecule is CCc1cccc(CC)c1-n1nc2c(c1-c1cc(F)c(NC(=O)NC(=O)OCc3ccc(OP(=O)(O)O)c(C(F)(F)F)c3)cc1F)CN(Cc1ccc(C(F)(F)F)cc1C)C2(C)C. The summed E-state index contributed by atoms with van der Waals surface area (Å²) in [6.07, 6.45) is -10.1. The Hall–Kier alpha value is -5.82. The van der Waals surface area contributed by atoms with Crippen molar-refractivity contribution in [1.82, 2.24) is 20.0 Å². The van der Waals surface area contributed by atoms with E-state index in [2.05, 4.69) is 4.52 Å². The molecule has 3 amide bonds. The number of alkyl carbamates (subject to hydrolysis) is 1. The molecule has 1 aliphatic heterocycles. The van der Waals surface area contributed by atoms with Crippen LogP contribution in [0.4, 0.5) is 50.4 Å². The summed E-state index contributed by atoms with van der Waals surface area (Å²) in [7, 11) is -5.37. The fraction of sp³-hybridized carbons (Fsp3) is 0.310. The number of imide groups is 1. The number of nitrogens with one attached hydrogen (secondary N) is 2. The fourth-order valence-electron chi connectivity index (χ4n) is 7.42. The molecule has 0 radical (unpaired) electrons. The summed E-state index contributed by atoms with van der Waals surface area (Å²) in [5, 5.41) is 8.72. The molecular formula is C42H40F8N5O7P. The van der Waals surface area contributed by atoms with Crippen LogP contribution in [0, 0.1) is 18.6 Å². The third-order valence-electron chi connectivity index (χ3n) is 10.6. The molecule has 4 N–H and O–H groups in total. The first kappa shape index (κ1) is 46.7. The average molecular weight is 910 g/mol. The minimum absolute atomic E-state index is 0.141. The van der Waals surface area contributed by atoms with Crippen LogP contribution in [0.25, 0.3) is 16.9 Å². The van der Waals surface area contributed by atoms with Crippen LogP contribution in [0.3, 0.4) is 0 Å². The molecule has 2 heterocycles. The number of carbonyl (C=O) groups excluding carboxylic acids is 2. The predicted molar refractivity (Wildman–Crippen MR) is 213 cm³/mol. The van der Waals surface area contributed by atoms with E-state index >= 15 is 8.78 Å². The van der Waals surface area contributed by atoms with E-state index in [1.54, 1.807) is 16.9 Å². The number of hydrogen-bond acceptors (Lipinski definition) is 7. The zero-order valence-corrected chi connectivity index (χ0v) is 35.0. The van der Waals surface area contributed by atoms with Gasteiger partial charge in [0, 0.05) is 30.3 Å². The number of fused-ring (bicyclic) bond motifs is 1. The maximum absolute atomic E-state index is 16.5. The number of amides is 3. The van der Waals surface area contributed by atoms with Gasteiger partial charge in [-0.2, -0.15) is 31.4 Å². The van der Waals surface area contributed by atoms with E-state index in [9.17, 15) is 40.5 Å². The van der Waals surface area contributed by atoms with Crippen molar-refractivity contribution < 1.29 is 68.3 Å². The van der Waals surface area contributed by atoms with Crippen molar-refractivity contribution in [2.24, 2.45) is 0 Å². The molecule has 1 aliphatic rings. The number of benzene rings is 4. The van der Waals surface area contributed by atoms with Crippen LogP contribution in [0.5, 0.6) is 5.75 Å². The molecule has 0 unspecified atom stereocenters. The summed E-state index contributed by atoms with van der Waals surface area (Å²) in [5.74, 6) is -3.33. The van der Waals surface area contributed by atoms with Crippen LogP contribution >= 0.6 is 7.82 Å². The summed E-state index contributed by atoms with van der Waals surface area (Å²) in [6.45, 7) is 8.67. The number of aryl methyl sites for hydroxylation is 3. The van der Waals surface area contributed by atoms with E-state index in [0.29, 0.717) is 59.1 Å². The zero-order valence-electron chi connectivity index (χ0n) is 34.1. The van der Waals surface area contributed by atoms with Gasteiger partial charge in [-0.05, 0) is 91.8 Å². The number of phosphoric ester groups is 1. The molecule has 0 aliphatic carbocycles. The number of alkyl halides is 6. The van der Waals surface area contributed by atoms with Gasteiger partial charge < -0.3 is 14.6 Å². The Morgan fingerprint density at radius 1 is 0.889 bits per heavy atom. The first-order valence-corrected chi connectivity index (χ1v) is 20.7. The summed E-state index contributed by atoms with van der Waals surface area (Å²) in [6, 6.07) is 11.2. The maximum atomic E-state index is 16.5. The lowest BCUT2D eigenvalue weighted by Gasteiger charge is -2.32. The summed E-state index contributed by atoms with van der Waals surface area (Å²) in [4.78, 5) is 45.0. The standard InChI is InChI=1S/C42H40F8N5O7P/c1-6-24-9-8-10-25(7-2)35(24)55-36(29-20-54(40(4,5)37(29)53-55)19-26-12-13-27(15-22(26)3)41(45,46)47)28-17-32(44)33(18-31(28)43)51-38(56)52-39(57)61-21-23-11-14-34(62-63(58,59)60)30(16-23)42(48,49)50/h8-18H,6-7,19-21H2,1-5H3,(H2,58,59,60)(H2,51,52,56,57). The van der Waals surface area contributed by atoms with Gasteiger partial charge in [0.2, 0.25) is 0 Å². The van der Waals surface area contributed by atoms with Crippen LogP contribution in [-0.4, -0.2) is 36.6 Å². The van der Waals surface area contributed by atoms with Gasteiger partial charge >= 0.3 is 32.3 Å². The Morgan fingerprint density at radius 3 is 2.14 bits per heavy atom. The first-order chi connectivity index (χ1) is 29.3. The largest absolute Gasteiger partial charge is 0.524 e. The van der Waals surface area contributed by atoms with E-state index in [1.807, 2.05) is 56.1 Å². The van der Waals surface area contributed by atoms with E-state index in [1.165, 1.54) is 6.07 Å². The number of halogens is 8. The Bertz CT molecular complexity index is 2620. The van der Waals surface area contributed by atoms with E-state index in [4.69, 9.17) is 19.6 Å². The van der Waals surface area contributed by atoms with Gasteiger partial charge in [-0.1, -0.05) is 44.2 Å². The molecule has 0 spiro atoms. The number of phosphoric acid groups is 1. The molecule has 4 aromatic carbocycles. The van der Waals surface area contributed by atoms with Crippen LogP contribution in [0.2, 0.25) is 0 Å². The molecule has 0 bridgehead atoms.